The summed E-state index contributed by atoms with van der Waals surface area (Å²) in [5, 5.41) is 12.7. The normalized spacial score (nSPS) is 14.7. The van der Waals surface area contributed by atoms with Gasteiger partial charge in [-0.15, -0.1) is 0 Å². The highest BCUT2D eigenvalue weighted by Gasteiger charge is 2.33. The Morgan fingerprint density at radius 3 is 1.62 bits per heavy atom. The third-order valence-electron chi connectivity index (χ3n) is 15.5. The van der Waals surface area contributed by atoms with Crippen LogP contribution >= 0.6 is 0 Å². The number of aromatic nitrogens is 1. The van der Waals surface area contributed by atoms with Gasteiger partial charge >= 0.3 is 0 Å². The monoisotopic (exact) mass is 930 g/mol. The van der Waals surface area contributed by atoms with Crippen molar-refractivity contribution in [2.24, 2.45) is 0 Å². The summed E-state index contributed by atoms with van der Waals surface area (Å²) >= 11 is 0. The number of rotatable bonds is 8. The quantitative estimate of drug-likeness (QED) is 0.138. The molecule has 13 aromatic rings. The molecule has 12 aromatic carbocycles. The van der Waals surface area contributed by atoms with Crippen molar-refractivity contribution in [3.8, 4) is 39.1 Å². The van der Waals surface area contributed by atoms with E-state index in [-0.39, 0.29) is 0 Å². The minimum Gasteiger partial charge on any atom is -0.332 e. The Labute approximate surface area is 425 Å². The molecule has 1 aliphatic rings. The summed E-state index contributed by atoms with van der Waals surface area (Å²) in [7, 11) is 0. The van der Waals surface area contributed by atoms with Gasteiger partial charge in [0.25, 0.3) is 0 Å². The standard InChI is InChI=1S/C71H50N2/c1-71(42-40-49(41-43-71)67-47-54-19-6-8-27-59(54)62-29-10-12-31-64(62)67)73(56-38-36-48(37-39-56)66-46-53-18-5-7-26-58(53)61-28-9-11-30-63(61)66)57-25-16-21-51(45-57)50-20-15-22-52(44-50)60-33-17-35-69-70(60)65-32-13-14-34-68(65)72(69)55-23-3-2-4-24-55/h2-42,44-47H,43H2,1H3. The molecule has 344 valence electrons. The van der Waals surface area contributed by atoms with E-state index in [1.54, 1.807) is 0 Å². The minimum atomic E-state index is -0.392. The zero-order valence-corrected chi connectivity index (χ0v) is 40.6. The maximum Gasteiger partial charge on any atom is 0.0643 e. The zero-order valence-electron chi connectivity index (χ0n) is 40.6. The van der Waals surface area contributed by atoms with Gasteiger partial charge in [-0.05, 0) is 168 Å². The number of nitrogens with zero attached hydrogens (tertiary/aromatic N) is 2. The summed E-state index contributed by atoms with van der Waals surface area (Å²) in [4.78, 5) is 2.56. The molecule has 2 heteroatoms. The van der Waals surface area contributed by atoms with Crippen molar-refractivity contribution in [1.29, 1.82) is 0 Å². The summed E-state index contributed by atoms with van der Waals surface area (Å²) in [6.45, 7) is 2.39. The maximum absolute atomic E-state index is 2.56. The highest BCUT2D eigenvalue weighted by atomic mass is 15.2. The molecule has 0 saturated heterocycles. The molecule has 1 heterocycles. The highest BCUT2D eigenvalue weighted by molar-refractivity contribution is 6.17. The van der Waals surface area contributed by atoms with Crippen molar-refractivity contribution in [3.05, 3.63) is 279 Å². The zero-order chi connectivity index (χ0) is 48.5. The second kappa shape index (κ2) is 17.3. The second-order valence-electron chi connectivity index (χ2n) is 19.8. The Kier molecular flexibility index (Phi) is 10.1. The van der Waals surface area contributed by atoms with Gasteiger partial charge in [0.2, 0.25) is 0 Å². The number of benzene rings is 12. The molecule has 0 radical (unpaired) electrons. The van der Waals surface area contributed by atoms with Gasteiger partial charge in [-0.3, -0.25) is 0 Å². The Bertz CT molecular complexity index is 4360. The summed E-state index contributed by atoms with van der Waals surface area (Å²) in [5.74, 6) is 0. The fourth-order valence-corrected chi connectivity index (χ4v) is 12.0. The molecule has 0 N–H and O–H groups in total. The smallest absolute Gasteiger partial charge is 0.0643 e. The lowest BCUT2D eigenvalue weighted by molar-refractivity contribution is 0.571. The molecule has 0 bridgehead atoms. The second-order valence-corrected chi connectivity index (χ2v) is 19.8. The van der Waals surface area contributed by atoms with Crippen LogP contribution in [0.4, 0.5) is 11.4 Å². The van der Waals surface area contributed by atoms with Crippen LogP contribution in [0.5, 0.6) is 0 Å². The third kappa shape index (κ3) is 7.17. The van der Waals surface area contributed by atoms with Crippen LogP contribution in [0.3, 0.4) is 0 Å². The van der Waals surface area contributed by atoms with Crippen LogP contribution in [0.15, 0.2) is 273 Å². The molecule has 73 heavy (non-hydrogen) atoms. The van der Waals surface area contributed by atoms with Gasteiger partial charge in [-0.2, -0.15) is 0 Å². The first kappa shape index (κ1) is 42.6. The Hall–Kier alpha value is -9.24. The number of anilines is 2. The molecule has 0 aliphatic heterocycles. The summed E-state index contributed by atoms with van der Waals surface area (Å²) < 4.78 is 2.40. The van der Waals surface area contributed by atoms with Crippen LogP contribution in [0.25, 0.3) is 110 Å². The van der Waals surface area contributed by atoms with E-state index in [0.717, 1.165) is 23.5 Å². The SMILES string of the molecule is CC1(N(c2ccc(-c3cc4ccccc4c4ccccc34)cc2)c2cccc(-c3cccc(-c4cccc5c4c4ccccc4n5-c4ccccc4)c3)c2)C=CC(c2cc3ccccc3c3ccccc23)=CC1. The van der Waals surface area contributed by atoms with E-state index in [4.69, 9.17) is 0 Å². The summed E-state index contributed by atoms with van der Waals surface area (Å²) in [5.41, 5.74) is 15.2. The fourth-order valence-electron chi connectivity index (χ4n) is 12.0. The lowest BCUT2D eigenvalue weighted by atomic mass is 9.84. The molecule has 0 amide bonds. The first-order valence-electron chi connectivity index (χ1n) is 25.5. The van der Waals surface area contributed by atoms with E-state index in [1.807, 2.05) is 0 Å². The van der Waals surface area contributed by atoms with E-state index in [2.05, 4.69) is 289 Å². The van der Waals surface area contributed by atoms with Crippen molar-refractivity contribution in [3.63, 3.8) is 0 Å². The van der Waals surface area contributed by atoms with Gasteiger partial charge in [-0.25, -0.2) is 0 Å². The first-order chi connectivity index (χ1) is 36.1. The molecule has 0 spiro atoms. The lowest BCUT2D eigenvalue weighted by Gasteiger charge is -2.42. The van der Waals surface area contributed by atoms with E-state index >= 15 is 0 Å². The van der Waals surface area contributed by atoms with Gasteiger partial charge in [0.05, 0.1) is 16.6 Å². The number of para-hydroxylation sites is 2. The van der Waals surface area contributed by atoms with E-state index in [1.165, 1.54) is 109 Å². The van der Waals surface area contributed by atoms with Gasteiger partial charge in [0, 0.05) is 27.8 Å². The Morgan fingerprint density at radius 2 is 0.918 bits per heavy atom. The molecule has 2 nitrogen and oxygen atoms in total. The average molecular weight is 931 g/mol. The van der Waals surface area contributed by atoms with Crippen LogP contribution in [-0.4, -0.2) is 10.1 Å². The highest BCUT2D eigenvalue weighted by Crippen LogP contribution is 2.45. The summed E-state index contributed by atoms with van der Waals surface area (Å²) in [6.07, 6.45) is 8.08. The Balaban J connectivity index is 0.882. The van der Waals surface area contributed by atoms with Gasteiger partial charge in [-0.1, -0.05) is 206 Å². The lowest BCUT2D eigenvalue weighted by Crippen LogP contribution is -2.42. The Morgan fingerprint density at radius 1 is 0.370 bits per heavy atom. The van der Waals surface area contributed by atoms with Crippen molar-refractivity contribution in [2.45, 2.75) is 18.9 Å². The first-order valence-corrected chi connectivity index (χ1v) is 25.5. The predicted octanol–water partition coefficient (Wildman–Crippen LogP) is 19.3. The molecular formula is C71H50N2. The predicted molar refractivity (Wildman–Crippen MR) is 312 cm³/mol. The fraction of sp³-hybridized carbons (Fsp3) is 0.0423. The molecule has 0 saturated carbocycles. The third-order valence-corrected chi connectivity index (χ3v) is 15.5. The number of hydrogen-bond acceptors (Lipinski definition) is 1. The van der Waals surface area contributed by atoms with Crippen LogP contribution in [0.1, 0.15) is 18.9 Å². The minimum absolute atomic E-state index is 0.392. The molecule has 0 fully saturated rings. The van der Waals surface area contributed by atoms with Gasteiger partial charge in [0.1, 0.15) is 0 Å². The summed E-state index contributed by atoms with van der Waals surface area (Å²) in [6, 6.07) is 93.8. The van der Waals surface area contributed by atoms with Crippen molar-refractivity contribution < 1.29 is 0 Å². The molecule has 1 atom stereocenters. The van der Waals surface area contributed by atoms with Crippen LogP contribution < -0.4 is 4.90 Å². The molecule has 14 rings (SSSR count). The number of fused-ring (bicyclic) bond motifs is 9. The van der Waals surface area contributed by atoms with E-state index in [0.29, 0.717) is 0 Å². The van der Waals surface area contributed by atoms with Gasteiger partial charge < -0.3 is 9.47 Å². The maximum atomic E-state index is 2.56. The number of allylic oxidation sites excluding steroid dienone is 2. The van der Waals surface area contributed by atoms with Crippen LogP contribution in [-0.2, 0) is 0 Å². The van der Waals surface area contributed by atoms with Crippen molar-refractivity contribution in [2.75, 3.05) is 4.90 Å². The van der Waals surface area contributed by atoms with Gasteiger partial charge in [0.15, 0.2) is 0 Å². The topological polar surface area (TPSA) is 8.17 Å². The van der Waals surface area contributed by atoms with Crippen molar-refractivity contribution in [1.82, 2.24) is 4.57 Å². The van der Waals surface area contributed by atoms with E-state index in [9.17, 15) is 0 Å². The van der Waals surface area contributed by atoms with Crippen molar-refractivity contribution >= 4 is 81.8 Å². The average Bonchev–Trinajstić information content (AvgIpc) is 3.80. The largest absolute Gasteiger partial charge is 0.332 e. The molecular weight excluding hydrogens is 881 g/mol. The van der Waals surface area contributed by atoms with E-state index < -0.39 is 5.54 Å². The molecule has 1 aliphatic carbocycles. The van der Waals surface area contributed by atoms with Crippen LogP contribution in [0.2, 0.25) is 0 Å². The van der Waals surface area contributed by atoms with Crippen LogP contribution in [0, 0.1) is 0 Å². The number of hydrogen-bond donors (Lipinski definition) is 0. The molecule has 1 unspecified atom stereocenters. The molecule has 1 aromatic heterocycles.